The Balaban J connectivity index is 3.10. The van der Waals surface area contributed by atoms with Gasteiger partial charge in [0.05, 0.1) is 12.0 Å². The molecule has 76 valence electrons. The first-order valence-corrected chi connectivity index (χ1v) is 3.45. The van der Waals surface area contributed by atoms with E-state index >= 15 is 0 Å². The summed E-state index contributed by atoms with van der Waals surface area (Å²) in [7, 11) is 1.18. The number of hydrogen-bond donors (Lipinski definition) is 1. The molecule has 1 rings (SSSR count). The Morgan fingerprint density at radius 3 is 2.86 bits per heavy atom. The highest BCUT2D eigenvalue weighted by Crippen LogP contribution is 2.29. The third-order valence-corrected chi connectivity index (χ3v) is 1.39. The van der Waals surface area contributed by atoms with E-state index < -0.39 is 23.0 Å². The van der Waals surface area contributed by atoms with E-state index in [1.165, 1.54) is 7.11 Å². The van der Waals surface area contributed by atoms with Crippen LogP contribution < -0.4 is 4.74 Å². The number of nitro groups is 1. The van der Waals surface area contributed by atoms with Gasteiger partial charge in [-0.15, -0.1) is 0 Å². The predicted molar refractivity (Wildman–Crippen MR) is 41.0 cm³/mol. The van der Waals surface area contributed by atoms with E-state index in [9.17, 15) is 14.9 Å². The van der Waals surface area contributed by atoms with Gasteiger partial charge in [-0.2, -0.15) is 0 Å². The van der Waals surface area contributed by atoms with Crippen LogP contribution in [0.1, 0.15) is 5.76 Å². The minimum atomic E-state index is -1.24. The summed E-state index contributed by atoms with van der Waals surface area (Å²) < 4.78 is 8.99. The summed E-state index contributed by atoms with van der Waals surface area (Å²) in [5.74, 6) is -1.91. The summed E-state index contributed by atoms with van der Waals surface area (Å²) in [6, 6.07) is 0. The lowest BCUT2D eigenvalue weighted by Crippen LogP contribution is -2.02. The van der Waals surface area contributed by atoms with E-state index in [2.05, 4.69) is 14.4 Å². The Morgan fingerprint density at radius 1 is 1.79 bits per heavy atom. The van der Waals surface area contributed by atoms with Crippen molar-refractivity contribution in [2.75, 3.05) is 7.11 Å². The highest BCUT2D eigenvalue weighted by molar-refractivity contribution is 5.71. The van der Waals surface area contributed by atoms with Gasteiger partial charge in [-0.25, -0.2) is 0 Å². The number of hydrogen-bond acceptors (Lipinski definition) is 6. The maximum absolute atomic E-state index is 10.5. The van der Waals surface area contributed by atoms with Gasteiger partial charge in [0.2, 0.25) is 5.76 Å². The number of nitrogens with zero attached hydrogens (tertiary/aromatic N) is 2. The fourth-order valence-electron chi connectivity index (χ4n) is 0.869. The molecule has 0 bridgehead atoms. The van der Waals surface area contributed by atoms with Gasteiger partial charge in [0.1, 0.15) is 6.42 Å². The van der Waals surface area contributed by atoms with Crippen LogP contribution in [0.2, 0.25) is 0 Å². The number of carboxylic acid groups (broad SMARTS) is 1. The van der Waals surface area contributed by atoms with Crippen LogP contribution in [0.15, 0.2) is 4.52 Å². The molecule has 0 amide bonds. The SMILES string of the molecule is COc1noc(CC(=O)O)c1[N+](=O)[O-]. The molecule has 0 saturated carbocycles. The molecule has 0 atom stereocenters. The Hall–Kier alpha value is -2.12. The van der Waals surface area contributed by atoms with E-state index in [-0.39, 0.29) is 11.6 Å². The van der Waals surface area contributed by atoms with Crippen molar-refractivity contribution >= 4 is 11.7 Å². The summed E-state index contributed by atoms with van der Waals surface area (Å²) in [4.78, 5) is 20.0. The first-order chi connectivity index (χ1) is 6.56. The van der Waals surface area contributed by atoms with Crippen molar-refractivity contribution in [3.63, 3.8) is 0 Å². The summed E-state index contributed by atoms with van der Waals surface area (Å²) in [6.07, 6.45) is -0.604. The molecule has 0 unspecified atom stereocenters. The molecule has 0 aliphatic rings. The van der Waals surface area contributed by atoms with Crippen molar-refractivity contribution in [1.82, 2.24) is 5.16 Å². The van der Waals surface area contributed by atoms with Crippen LogP contribution >= 0.6 is 0 Å². The van der Waals surface area contributed by atoms with Gasteiger partial charge >= 0.3 is 17.5 Å². The summed E-state index contributed by atoms with van der Waals surface area (Å²) in [5, 5.41) is 22.1. The Kier molecular flexibility index (Phi) is 2.65. The van der Waals surface area contributed by atoms with Crippen molar-refractivity contribution in [1.29, 1.82) is 0 Å². The number of aliphatic carboxylic acids is 1. The molecule has 1 aromatic rings. The van der Waals surface area contributed by atoms with Gasteiger partial charge in [0.25, 0.3) is 0 Å². The van der Waals surface area contributed by atoms with Gasteiger partial charge in [0.15, 0.2) is 0 Å². The average Bonchev–Trinajstić information content (AvgIpc) is 2.46. The molecular weight excluding hydrogens is 196 g/mol. The second-order valence-corrected chi connectivity index (χ2v) is 2.29. The zero-order valence-electron chi connectivity index (χ0n) is 7.09. The molecule has 1 N–H and O–H groups in total. The van der Waals surface area contributed by atoms with Crippen LogP contribution in [-0.2, 0) is 11.2 Å². The Bertz CT molecular complexity index is 370. The lowest BCUT2D eigenvalue weighted by atomic mass is 10.3. The predicted octanol–water partition coefficient (Wildman–Crippen LogP) is 0.218. The zero-order chi connectivity index (χ0) is 10.7. The van der Waals surface area contributed by atoms with Gasteiger partial charge < -0.3 is 14.4 Å². The van der Waals surface area contributed by atoms with Crippen LogP contribution in [-0.4, -0.2) is 28.3 Å². The highest BCUT2D eigenvalue weighted by Gasteiger charge is 2.29. The fourth-order valence-corrected chi connectivity index (χ4v) is 0.869. The lowest BCUT2D eigenvalue weighted by Gasteiger charge is -1.91. The zero-order valence-corrected chi connectivity index (χ0v) is 7.09. The van der Waals surface area contributed by atoms with Crippen LogP contribution in [0.4, 0.5) is 5.69 Å². The van der Waals surface area contributed by atoms with Crippen molar-refractivity contribution in [3.05, 3.63) is 15.9 Å². The van der Waals surface area contributed by atoms with E-state index in [0.29, 0.717) is 0 Å². The second kappa shape index (κ2) is 3.73. The van der Waals surface area contributed by atoms with Crippen molar-refractivity contribution in [2.24, 2.45) is 0 Å². The molecule has 1 aromatic heterocycles. The summed E-state index contributed by atoms with van der Waals surface area (Å²) in [6.45, 7) is 0. The number of methoxy groups -OCH3 is 1. The van der Waals surface area contributed by atoms with Gasteiger partial charge in [-0.05, 0) is 5.16 Å². The standard InChI is InChI=1S/C6H6N2O6/c1-13-6-5(8(11)12)3(14-7-6)2-4(9)10/h2H2,1H3,(H,9,10). The summed E-state index contributed by atoms with van der Waals surface area (Å²) >= 11 is 0. The number of carbonyl (C=O) groups is 1. The van der Waals surface area contributed by atoms with Crippen LogP contribution in [0.3, 0.4) is 0 Å². The van der Waals surface area contributed by atoms with Crippen molar-refractivity contribution < 1.29 is 24.1 Å². The number of carboxylic acids is 1. The summed E-state index contributed by atoms with van der Waals surface area (Å²) in [5.41, 5.74) is -0.546. The third kappa shape index (κ3) is 1.79. The molecule has 0 aromatic carbocycles. The van der Waals surface area contributed by atoms with Crippen LogP contribution in [0, 0.1) is 10.1 Å². The second-order valence-electron chi connectivity index (χ2n) is 2.29. The molecule has 0 spiro atoms. The normalized spacial score (nSPS) is 9.79. The van der Waals surface area contributed by atoms with Gasteiger partial charge in [-0.1, -0.05) is 0 Å². The largest absolute Gasteiger partial charge is 0.481 e. The van der Waals surface area contributed by atoms with E-state index in [1.54, 1.807) is 0 Å². The minimum Gasteiger partial charge on any atom is -0.481 e. The molecule has 0 aliphatic carbocycles. The van der Waals surface area contributed by atoms with Crippen LogP contribution in [0.25, 0.3) is 0 Å². The average molecular weight is 202 g/mol. The molecule has 8 heteroatoms. The topological polar surface area (TPSA) is 116 Å². The van der Waals surface area contributed by atoms with Crippen molar-refractivity contribution in [2.45, 2.75) is 6.42 Å². The van der Waals surface area contributed by atoms with Gasteiger partial charge in [0, 0.05) is 0 Å². The number of rotatable bonds is 4. The van der Waals surface area contributed by atoms with E-state index in [0.717, 1.165) is 0 Å². The first-order valence-electron chi connectivity index (χ1n) is 3.45. The van der Waals surface area contributed by atoms with Gasteiger partial charge in [-0.3, -0.25) is 14.9 Å². The molecule has 0 fully saturated rings. The molecule has 1 heterocycles. The monoisotopic (exact) mass is 202 g/mol. The fraction of sp³-hybridized carbons (Fsp3) is 0.333. The molecule has 0 aliphatic heterocycles. The maximum Gasteiger partial charge on any atom is 0.375 e. The molecular formula is C6H6N2O6. The first kappa shape index (κ1) is 9.96. The smallest absolute Gasteiger partial charge is 0.375 e. The third-order valence-electron chi connectivity index (χ3n) is 1.39. The Morgan fingerprint density at radius 2 is 2.43 bits per heavy atom. The molecule has 0 saturated heterocycles. The number of ether oxygens (including phenoxy) is 1. The van der Waals surface area contributed by atoms with E-state index in [1.807, 2.05) is 0 Å². The quantitative estimate of drug-likeness (QED) is 0.548. The lowest BCUT2D eigenvalue weighted by molar-refractivity contribution is -0.386. The maximum atomic E-state index is 10.5. The molecule has 14 heavy (non-hydrogen) atoms. The minimum absolute atomic E-state index is 0.328. The highest BCUT2D eigenvalue weighted by atomic mass is 16.6. The number of aromatic nitrogens is 1. The van der Waals surface area contributed by atoms with Crippen molar-refractivity contribution in [3.8, 4) is 5.88 Å². The molecule has 0 radical (unpaired) electrons. The Labute approximate surface area is 77.2 Å². The van der Waals surface area contributed by atoms with Crippen LogP contribution in [0.5, 0.6) is 5.88 Å². The molecule has 8 nitrogen and oxygen atoms in total. The van der Waals surface area contributed by atoms with E-state index in [4.69, 9.17) is 5.11 Å².